The molecule has 1 heterocycles. The van der Waals surface area contributed by atoms with Gasteiger partial charge >= 0.3 is 5.97 Å². The molecule has 0 fully saturated rings. The number of carboxylic acid groups (broad SMARTS) is 1. The first-order valence-corrected chi connectivity index (χ1v) is 6.15. The van der Waals surface area contributed by atoms with Crippen molar-refractivity contribution >= 4 is 34.9 Å². The molecule has 0 spiro atoms. The maximum absolute atomic E-state index is 10.6. The predicted molar refractivity (Wildman–Crippen MR) is 71.9 cm³/mol. The van der Waals surface area contributed by atoms with E-state index in [1.54, 1.807) is 18.2 Å². The molecule has 0 amide bonds. The van der Waals surface area contributed by atoms with Gasteiger partial charge < -0.3 is 10.4 Å². The number of benzene rings is 1. The molecule has 0 aliphatic rings. The maximum Gasteiger partial charge on any atom is 0.358 e. The van der Waals surface area contributed by atoms with Crippen molar-refractivity contribution in [3.05, 3.63) is 40.1 Å². The zero-order chi connectivity index (χ0) is 13.8. The summed E-state index contributed by atoms with van der Waals surface area (Å²) >= 11 is 12.0. The first-order valence-electron chi connectivity index (χ1n) is 5.39. The van der Waals surface area contributed by atoms with Crippen LogP contribution >= 0.6 is 23.2 Å². The number of para-hydroxylation sites is 1. The number of anilines is 1. The van der Waals surface area contributed by atoms with Gasteiger partial charge in [-0.05, 0) is 12.1 Å². The summed E-state index contributed by atoms with van der Waals surface area (Å²) in [6.45, 7) is 0.938. The van der Waals surface area contributed by atoms with E-state index in [1.165, 1.54) is 10.9 Å². The van der Waals surface area contributed by atoms with Crippen molar-refractivity contribution in [3.63, 3.8) is 0 Å². The molecule has 1 aromatic carbocycles. The fraction of sp³-hybridized carbons (Fsp3) is 0.182. The molecule has 19 heavy (non-hydrogen) atoms. The van der Waals surface area contributed by atoms with Crippen LogP contribution in [-0.4, -0.2) is 32.6 Å². The summed E-state index contributed by atoms with van der Waals surface area (Å²) in [5.74, 6) is -1.10. The number of nitrogens with one attached hydrogen (secondary N) is 1. The summed E-state index contributed by atoms with van der Waals surface area (Å²) in [6, 6.07) is 5.22. The Bertz CT molecular complexity index is 580. The molecule has 2 rings (SSSR count). The highest BCUT2D eigenvalue weighted by atomic mass is 35.5. The normalized spacial score (nSPS) is 10.4. The van der Waals surface area contributed by atoms with E-state index < -0.39 is 5.97 Å². The molecule has 0 atom stereocenters. The van der Waals surface area contributed by atoms with Crippen LogP contribution < -0.4 is 5.32 Å². The second-order valence-electron chi connectivity index (χ2n) is 3.70. The lowest BCUT2D eigenvalue weighted by atomic mass is 10.3. The summed E-state index contributed by atoms with van der Waals surface area (Å²) < 4.78 is 1.43. The molecule has 0 radical (unpaired) electrons. The topological polar surface area (TPSA) is 80.0 Å². The average molecular weight is 301 g/mol. The van der Waals surface area contributed by atoms with Crippen LogP contribution in [0.4, 0.5) is 5.69 Å². The van der Waals surface area contributed by atoms with Gasteiger partial charge in [-0.25, -0.2) is 9.48 Å². The third-order valence-corrected chi connectivity index (χ3v) is 2.99. The Morgan fingerprint density at radius 3 is 2.63 bits per heavy atom. The molecular formula is C11H10Cl2N4O2. The molecule has 0 aliphatic heterocycles. The number of hydrogen-bond donors (Lipinski definition) is 2. The number of hydrogen-bond acceptors (Lipinski definition) is 4. The second kappa shape index (κ2) is 5.90. The number of aromatic carboxylic acids is 1. The highest BCUT2D eigenvalue weighted by Crippen LogP contribution is 2.29. The molecule has 1 aromatic heterocycles. The van der Waals surface area contributed by atoms with E-state index in [2.05, 4.69) is 15.6 Å². The van der Waals surface area contributed by atoms with Crippen molar-refractivity contribution < 1.29 is 9.90 Å². The number of aromatic nitrogens is 3. The van der Waals surface area contributed by atoms with Crippen LogP contribution in [0.3, 0.4) is 0 Å². The van der Waals surface area contributed by atoms with Gasteiger partial charge in [0.1, 0.15) is 0 Å². The lowest BCUT2D eigenvalue weighted by Gasteiger charge is -2.09. The quantitative estimate of drug-likeness (QED) is 0.886. The zero-order valence-electron chi connectivity index (χ0n) is 9.68. The maximum atomic E-state index is 10.6. The van der Waals surface area contributed by atoms with Gasteiger partial charge in [-0.15, -0.1) is 5.10 Å². The van der Waals surface area contributed by atoms with Gasteiger partial charge in [0, 0.05) is 6.54 Å². The van der Waals surface area contributed by atoms with Crippen LogP contribution in [0.1, 0.15) is 10.5 Å². The minimum absolute atomic E-state index is 0.0872. The fourth-order valence-electron chi connectivity index (χ4n) is 1.47. The van der Waals surface area contributed by atoms with E-state index in [0.717, 1.165) is 0 Å². The highest BCUT2D eigenvalue weighted by Gasteiger charge is 2.08. The van der Waals surface area contributed by atoms with Crippen molar-refractivity contribution in [1.29, 1.82) is 0 Å². The van der Waals surface area contributed by atoms with Crippen LogP contribution in [0, 0.1) is 0 Å². The molecule has 6 nitrogen and oxygen atoms in total. The number of halogens is 2. The van der Waals surface area contributed by atoms with Gasteiger partial charge in [-0.2, -0.15) is 0 Å². The van der Waals surface area contributed by atoms with Crippen LogP contribution in [-0.2, 0) is 6.54 Å². The van der Waals surface area contributed by atoms with E-state index in [-0.39, 0.29) is 5.69 Å². The fourth-order valence-corrected chi connectivity index (χ4v) is 2.00. The average Bonchev–Trinajstić information content (AvgIpc) is 2.82. The van der Waals surface area contributed by atoms with Gasteiger partial charge in [0.05, 0.1) is 28.5 Å². The van der Waals surface area contributed by atoms with E-state index in [1.807, 2.05) is 0 Å². The van der Waals surface area contributed by atoms with Crippen LogP contribution in [0.15, 0.2) is 24.4 Å². The van der Waals surface area contributed by atoms with Crippen molar-refractivity contribution in [3.8, 4) is 0 Å². The Labute approximate surface area is 118 Å². The Morgan fingerprint density at radius 2 is 2.05 bits per heavy atom. The molecule has 8 heteroatoms. The van der Waals surface area contributed by atoms with Crippen LogP contribution in [0.2, 0.25) is 10.0 Å². The third kappa shape index (κ3) is 3.36. The summed E-state index contributed by atoms with van der Waals surface area (Å²) in [5.41, 5.74) is 0.556. The van der Waals surface area contributed by atoms with Crippen LogP contribution in [0.5, 0.6) is 0 Å². The summed E-state index contributed by atoms with van der Waals surface area (Å²) in [5, 5.41) is 20.0. The Hall–Kier alpha value is -1.79. The minimum Gasteiger partial charge on any atom is -0.476 e. The van der Waals surface area contributed by atoms with Crippen molar-refractivity contribution in [2.24, 2.45) is 0 Å². The van der Waals surface area contributed by atoms with Gasteiger partial charge in [-0.3, -0.25) is 0 Å². The summed E-state index contributed by atoms with van der Waals surface area (Å²) in [4.78, 5) is 10.6. The molecule has 0 bridgehead atoms. The minimum atomic E-state index is -1.10. The predicted octanol–water partition coefficient (Wildman–Crippen LogP) is 2.40. The van der Waals surface area contributed by atoms with Gasteiger partial charge in [0.25, 0.3) is 0 Å². The molecule has 2 aromatic rings. The van der Waals surface area contributed by atoms with E-state index in [0.29, 0.717) is 28.8 Å². The van der Waals surface area contributed by atoms with Gasteiger partial charge in [0.15, 0.2) is 5.69 Å². The smallest absolute Gasteiger partial charge is 0.358 e. The molecule has 2 N–H and O–H groups in total. The first-order chi connectivity index (χ1) is 9.08. The van der Waals surface area contributed by atoms with Crippen molar-refractivity contribution in [1.82, 2.24) is 15.0 Å². The highest BCUT2D eigenvalue weighted by molar-refractivity contribution is 6.39. The molecule has 0 unspecified atom stereocenters. The second-order valence-corrected chi connectivity index (χ2v) is 4.51. The molecule has 100 valence electrons. The number of rotatable bonds is 5. The first kappa shape index (κ1) is 13.6. The Kier molecular flexibility index (Phi) is 4.24. The lowest BCUT2D eigenvalue weighted by Crippen LogP contribution is -2.11. The Balaban J connectivity index is 1.94. The summed E-state index contributed by atoms with van der Waals surface area (Å²) in [6.07, 6.45) is 1.36. The standard InChI is InChI=1S/C11H10Cl2N4O2/c12-7-2-1-3-8(13)10(7)14-4-5-17-6-9(11(18)19)15-16-17/h1-3,6,14H,4-5H2,(H,18,19). The summed E-state index contributed by atoms with van der Waals surface area (Å²) in [7, 11) is 0. The van der Waals surface area contributed by atoms with Crippen molar-refractivity contribution in [2.45, 2.75) is 6.54 Å². The largest absolute Gasteiger partial charge is 0.476 e. The third-order valence-electron chi connectivity index (χ3n) is 2.36. The van der Waals surface area contributed by atoms with Crippen LogP contribution in [0.25, 0.3) is 0 Å². The zero-order valence-corrected chi connectivity index (χ0v) is 11.2. The van der Waals surface area contributed by atoms with E-state index >= 15 is 0 Å². The van der Waals surface area contributed by atoms with Crippen molar-refractivity contribution in [2.75, 3.05) is 11.9 Å². The SMILES string of the molecule is O=C(O)c1cn(CCNc2c(Cl)cccc2Cl)nn1. The van der Waals surface area contributed by atoms with Gasteiger partial charge in [0.2, 0.25) is 0 Å². The lowest BCUT2D eigenvalue weighted by molar-refractivity contribution is 0.0690. The van der Waals surface area contributed by atoms with Gasteiger partial charge in [-0.1, -0.05) is 34.5 Å². The number of carboxylic acids is 1. The molecule has 0 saturated carbocycles. The van der Waals surface area contributed by atoms with E-state index in [9.17, 15) is 4.79 Å². The number of carbonyl (C=O) groups is 1. The van der Waals surface area contributed by atoms with E-state index in [4.69, 9.17) is 28.3 Å². The monoisotopic (exact) mass is 300 g/mol. The molecular weight excluding hydrogens is 291 g/mol. The molecule has 0 saturated heterocycles. The Morgan fingerprint density at radius 1 is 1.37 bits per heavy atom. The molecule has 0 aliphatic carbocycles. The number of nitrogens with zero attached hydrogens (tertiary/aromatic N) is 3.